The molecule has 0 radical (unpaired) electrons. The minimum Gasteiger partial charge on any atom is -0.391 e. The van der Waals surface area contributed by atoms with Crippen LogP contribution in [-0.2, 0) is 23.2 Å². The number of nitrogens with one attached hydrogen (secondary N) is 1. The maximum Gasteiger partial charge on any atom is 0.242 e. The molecule has 98 valence electrons. The van der Waals surface area contributed by atoms with Gasteiger partial charge in [0.25, 0.3) is 0 Å². The molecule has 0 fully saturated rings. The Kier molecular flexibility index (Phi) is 4.51. The molecule has 0 saturated carbocycles. The lowest BCUT2D eigenvalue weighted by Gasteiger charge is -2.03. The second kappa shape index (κ2) is 5.76. The molecule has 2 aromatic rings. The molecule has 18 heavy (non-hydrogen) atoms. The Hall–Kier alpha value is -0.320. The van der Waals surface area contributed by atoms with Crippen LogP contribution in [0.25, 0.3) is 0 Å². The zero-order valence-corrected chi connectivity index (χ0v) is 13.0. The Morgan fingerprint density at radius 3 is 2.83 bits per heavy atom. The van der Waals surface area contributed by atoms with Crippen molar-refractivity contribution in [1.82, 2.24) is 9.71 Å². The van der Waals surface area contributed by atoms with Crippen molar-refractivity contribution < 1.29 is 13.5 Å². The van der Waals surface area contributed by atoms with Crippen LogP contribution >= 0.6 is 38.6 Å². The van der Waals surface area contributed by atoms with Crippen LogP contribution in [0.15, 0.2) is 25.6 Å². The number of rotatable bonds is 5. The Morgan fingerprint density at radius 1 is 1.50 bits per heavy atom. The summed E-state index contributed by atoms with van der Waals surface area (Å²) in [6, 6.07) is 1.46. The molecule has 2 heterocycles. The fourth-order valence-electron chi connectivity index (χ4n) is 1.23. The van der Waals surface area contributed by atoms with E-state index in [2.05, 4.69) is 25.6 Å². The maximum atomic E-state index is 12.0. The van der Waals surface area contributed by atoms with Crippen molar-refractivity contribution in [3.8, 4) is 0 Å². The zero-order valence-electron chi connectivity index (χ0n) is 8.96. The topological polar surface area (TPSA) is 79.3 Å². The average Bonchev–Trinajstić information content (AvgIpc) is 2.95. The summed E-state index contributed by atoms with van der Waals surface area (Å²) in [7, 11) is -3.59. The van der Waals surface area contributed by atoms with E-state index in [1.54, 1.807) is 10.9 Å². The molecule has 0 aliphatic carbocycles. The van der Waals surface area contributed by atoms with Crippen molar-refractivity contribution in [1.29, 1.82) is 0 Å². The predicted molar refractivity (Wildman–Crippen MR) is 74.1 cm³/mol. The molecular weight excluding hydrogens is 360 g/mol. The van der Waals surface area contributed by atoms with Gasteiger partial charge < -0.3 is 5.11 Å². The first-order valence-electron chi connectivity index (χ1n) is 4.78. The summed E-state index contributed by atoms with van der Waals surface area (Å²) >= 11 is 5.80. The quantitative estimate of drug-likeness (QED) is 0.844. The predicted octanol–water partition coefficient (Wildman–Crippen LogP) is 1.94. The number of aromatic nitrogens is 1. The first kappa shape index (κ1) is 14.1. The van der Waals surface area contributed by atoms with Gasteiger partial charge in [-0.05, 0) is 22.0 Å². The number of aliphatic hydroxyl groups is 1. The van der Waals surface area contributed by atoms with Crippen molar-refractivity contribution >= 4 is 48.6 Å². The molecule has 2 aromatic heterocycles. The summed E-state index contributed by atoms with van der Waals surface area (Å²) in [6.07, 6.45) is 0. The Morgan fingerprint density at radius 2 is 2.28 bits per heavy atom. The minimum absolute atomic E-state index is 0.145. The number of hydrogen-bond acceptors (Lipinski definition) is 6. The van der Waals surface area contributed by atoms with Crippen molar-refractivity contribution in [3.05, 3.63) is 31.3 Å². The molecule has 0 bridgehead atoms. The summed E-state index contributed by atoms with van der Waals surface area (Å²) in [5, 5.41) is 10.8. The van der Waals surface area contributed by atoms with E-state index in [0.29, 0.717) is 14.4 Å². The van der Waals surface area contributed by atoms with Crippen molar-refractivity contribution in [3.63, 3.8) is 0 Å². The molecule has 2 rings (SSSR count). The van der Waals surface area contributed by atoms with Gasteiger partial charge in [0.05, 0.1) is 28.1 Å². The summed E-state index contributed by atoms with van der Waals surface area (Å²) < 4.78 is 27.0. The summed E-state index contributed by atoms with van der Waals surface area (Å²) in [4.78, 5) is 4.74. The molecule has 0 aliphatic rings. The number of thiophene rings is 1. The molecule has 0 atom stereocenters. The maximum absolute atomic E-state index is 12.0. The first-order valence-corrected chi connectivity index (χ1v) is 8.82. The van der Waals surface area contributed by atoms with Crippen molar-refractivity contribution in [2.45, 2.75) is 18.0 Å². The summed E-state index contributed by atoms with van der Waals surface area (Å²) in [6.45, 7) is -0.0204. The molecule has 9 heteroatoms. The van der Waals surface area contributed by atoms with E-state index in [-0.39, 0.29) is 18.0 Å². The van der Waals surface area contributed by atoms with E-state index >= 15 is 0 Å². The van der Waals surface area contributed by atoms with Gasteiger partial charge >= 0.3 is 0 Å². The van der Waals surface area contributed by atoms with Crippen LogP contribution in [-0.4, -0.2) is 18.5 Å². The SMILES string of the molecule is O=S(=O)(NCc1cscn1)c1cc(CO)sc1Br. The van der Waals surface area contributed by atoms with Gasteiger partial charge in [-0.3, -0.25) is 0 Å². The molecule has 0 unspecified atom stereocenters. The van der Waals surface area contributed by atoms with Gasteiger partial charge in [0.1, 0.15) is 4.90 Å². The van der Waals surface area contributed by atoms with E-state index in [9.17, 15) is 8.42 Å². The third-order valence-corrected chi connectivity index (χ3v) is 6.35. The summed E-state index contributed by atoms with van der Waals surface area (Å²) in [5.41, 5.74) is 2.32. The van der Waals surface area contributed by atoms with Crippen LogP contribution in [0.3, 0.4) is 0 Å². The third-order valence-electron chi connectivity index (χ3n) is 2.08. The normalized spacial score (nSPS) is 11.9. The highest BCUT2D eigenvalue weighted by molar-refractivity contribution is 9.11. The minimum atomic E-state index is -3.59. The van der Waals surface area contributed by atoms with Crippen LogP contribution in [0.4, 0.5) is 0 Å². The van der Waals surface area contributed by atoms with Gasteiger partial charge in [-0.2, -0.15) is 0 Å². The van der Waals surface area contributed by atoms with E-state index in [1.807, 2.05) is 0 Å². The number of sulfonamides is 1. The van der Waals surface area contributed by atoms with E-state index in [4.69, 9.17) is 5.11 Å². The van der Waals surface area contributed by atoms with Gasteiger partial charge in [0.2, 0.25) is 10.0 Å². The molecule has 2 N–H and O–H groups in total. The fraction of sp³-hybridized carbons (Fsp3) is 0.222. The number of halogens is 1. The van der Waals surface area contributed by atoms with Crippen LogP contribution in [0.1, 0.15) is 10.6 Å². The number of hydrogen-bond donors (Lipinski definition) is 2. The van der Waals surface area contributed by atoms with E-state index in [1.165, 1.54) is 28.7 Å². The molecule has 0 amide bonds. The van der Waals surface area contributed by atoms with Gasteiger partial charge in [0, 0.05) is 10.3 Å². The van der Waals surface area contributed by atoms with Crippen LogP contribution in [0.5, 0.6) is 0 Å². The van der Waals surface area contributed by atoms with Crippen molar-refractivity contribution in [2.24, 2.45) is 0 Å². The second-order valence-electron chi connectivity index (χ2n) is 3.31. The van der Waals surface area contributed by atoms with Gasteiger partial charge in [-0.25, -0.2) is 18.1 Å². The standard InChI is InChI=1S/C9H9BrN2O3S3/c10-9-8(1-7(3-13)17-9)18(14,15)12-2-6-4-16-5-11-6/h1,4-5,12-13H,2-3H2. The molecule has 0 aromatic carbocycles. The van der Waals surface area contributed by atoms with E-state index in [0.717, 1.165) is 0 Å². The second-order valence-corrected chi connectivity index (χ2v) is 8.22. The molecule has 0 spiro atoms. The van der Waals surface area contributed by atoms with Gasteiger partial charge in [-0.1, -0.05) is 0 Å². The first-order chi connectivity index (χ1) is 8.53. The lowest BCUT2D eigenvalue weighted by Crippen LogP contribution is -2.23. The van der Waals surface area contributed by atoms with Gasteiger partial charge in [-0.15, -0.1) is 22.7 Å². The van der Waals surface area contributed by atoms with E-state index < -0.39 is 10.0 Å². The monoisotopic (exact) mass is 368 g/mol. The number of aliphatic hydroxyl groups excluding tert-OH is 1. The Balaban J connectivity index is 2.17. The molecule has 0 saturated heterocycles. The largest absolute Gasteiger partial charge is 0.391 e. The average molecular weight is 369 g/mol. The third kappa shape index (κ3) is 3.16. The van der Waals surface area contributed by atoms with Crippen LogP contribution < -0.4 is 4.72 Å². The summed E-state index contributed by atoms with van der Waals surface area (Å²) in [5.74, 6) is 0. The lowest BCUT2D eigenvalue weighted by atomic mass is 10.5. The molecule has 5 nitrogen and oxygen atoms in total. The highest BCUT2D eigenvalue weighted by atomic mass is 79.9. The molecule has 0 aliphatic heterocycles. The lowest BCUT2D eigenvalue weighted by molar-refractivity contribution is 0.285. The van der Waals surface area contributed by atoms with Crippen molar-refractivity contribution in [2.75, 3.05) is 0 Å². The highest BCUT2D eigenvalue weighted by Crippen LogP contribution is 2.31. The Bertz CT molecular complexity index is 622. The molecular formula is C9H9BrN2O3S3. The smallest absolute Gasteiger partial charge is 0.242 e. The highest BCUT2D eigenvalue weighted by Gasteiger charge is 2.20. The number of thiazole rings is 1. The number of nitrogens with zero attached hydrogens (tertiary/aromatic N) is 1. The van der Waals surface area contributed by atoms with Crippen LogP contribution in [0, 0.1) is 0 Å². The Labute approximate surface area is 121 Å². The van der Waals surface area contributed by atoms with Gasteiger partial charge in [0.15, 0.2) is 0 Å². The zero-order chi connectivity index (χ0) is 13.2. The van der Waals surface area contributed by atoms with Crippen LogP contribution in [0.2, 0.25) is 0 Å². The fourth-order valence-corrected chi connectivity index (χ4v) is 5.33.